The second-order valence-corrected chi connectivity index (χ2v) is 6.90. The summed E-state index contributed by atoms with van der Waals surface area (Å²) in [6.45, 7) is 1.10. The number of rotatable bonds is 4. The van der Waals surface area contributed by atoms with Gasteiger partial charge >= 0.3 is 0 Å². The van der Waals surface area contributed by atoms with Crippen molar-refractivity contribution in [3.05, 3.63) is 41.3 Å². The molecule has 1 aromatic heterocycles. The summed E-state index contributed by atoms with van der Waals surface area (Å²) in [6, 6.07) is 11.8. The number of methoxy groups -OCH3 is 1. The number of primary amides is 1. The molecular formula is C18H20N2O3S. The molecule has 0 aliphatic carbocycles. The summed E-state index contributed by atoms with van der Waals surface area (Å²) in [5, 5.41) is 0. The van der Waals surface area contributed by atoms with Crippen molar-refractivity contribution >= 4 is 23.2 Å². The maximum atomic E-state index is 12.8. The lowest BCUT2D eigenvalue weighted by atomic mass is 9.96. The molecule has 6 heteroatoms. The first-order valence-corrected chi connectivity index (χ1v) is 8.73. The van der Waals surface area contributed by atoms with Gasteiger partial charge in [-0.2, -0.15) is 0 Å². The van der Waals surface area contributed by atoms with Crippen LogP contribution in [0.15, 0.2) is 36.4 Å². The number of amides is 2. The van der Waals surface area contributed by atoms with E-state index in [-0.39, 0.29) is 17.7 Å². The Balaban J connectivity index is 1.80. The average Bonchev–Trinajstić information content (AvgIpc) is 3.06. The molecule has 3 rings (SSSR count). The minimum Gasteiger partial charge on any atom is -0.495 e. The molecule has 24 heavy (non-hydrogen) atoms. The summed E-state index contributed by atoms with van der Waals surface area (Å²) < 4.78 is 5.41. The van der Waals surface area contributed by atoms with E-state index < -0.39 is 0 Å². The van der Waals surface area contributed by atoms with Gasteiger partial charge in [0.05, 0.1) is 7.11 Å². The van der Waals surface area contributed by atoms with Crippen LogP contribution >= 0.6 is 11.3 Å². The molecule has 0 unspecified atom stereocenters. The summed E-state index contributed by atoms with van der Waals surface area (Å²) in [4.78, 5) is 27.5. The van der Waals surface area contributed by atoms with Gasteiger partial charge in [0.25, 0.3) is 5.91 Å². The molecule has 2 heterocycles. The first kappa shape index (κ1) is 16.5. The highest BCUT2D eigenvalue weighted by atomic mass is 32.1. The Labute approximate surface area is 145 Å². The van der Waals surface area contributed by atoms with E-state index in [0.717, 1.165) is 10.4 Å². The highest BCUT2D eigenvalue weighted by molar-refractivity contribution is 7.17. The molecule has 1 aliphatic rings. The fourth-order valence-corrected chi connectivity index (χ4v) is 4.03. The Kier molecular flexibility index (Phi) is 4.85. The molecule has 5 nitrogen and oxygen atoms in total. The van der Waals surface area contributed by atoms with E-state index in [1.165, 1.54) is 11.3 Å². The summed E-state index contributed by atoms with van der Waals surface area (Å²) in [5.74, 6) is 0.157. The van der Waals surface area contributed by atoms with Crippen LogP contribution in [-0.2, 0) is 4.79 Å². The van der Waals surface area contributed by atoms with Gasteiger partial charge in [0.15, 0.2) is 0 Å². The van der Waals surface area contributed by atoms with E-state index in [1.54, 1.807) is 12.0 Å². The number of nitrogens with zero attached hydrogens (tertiary/aromatic N) is 1. The number of piperidine rings is 1. The first-order valence-electron chi connectivity index (χ1n) is 7.92. The molecule has 126 valence electrons. The molecule has 2 amide bonds. The van der Waals surface area contributed by atoms with E-state index in [4.69, 9.17) is 10.5 Å². The number of nitrogens with two attached hydrogens (primary N) is 1. The van der Waals surface area contributed by atoms with Crippen LogP contribution < -0.4 is 10.5 Å². The number of ether oxygens (including phenoxy) is 1. The zero-order valence-corrected chi connectivity index (χ0v) is 14.3. The first-order chi connectivity index (χ1) is 11.6. The van der Waals surface area contributed by atoms with E-state index in [0.29, 0.717) is 36.6 Å². The van der Waals surface area contributed by atoms with Crippen molar-refractivity contribution in [3.63, 3.8) is 0 Å². The van der Waals surface area contributed by atoms with Crippen molar-refractivity contribution in [2.45, 2.75) is 12.8 Å². The van der Waals surface area contributed by atoms with Crippen molar-refractivity contribution in [3.8, 4) is 16.2 Å². The molecule has 2 aromatic rings. The lowest BCUT2D eigenvalue weighted by Crippen LogP contribution is -2.41. The predicted octanol–water partition coefficient (Wildman–Crippen LogP) is 2.76. The molecule has 1 aliphatic heterocycles. The normalized spacial score (nSPS) is 15.3. The standard InChI is InChI=1S/C18H20N2O3S/c1-23-14-11-15(12-5-3-2-4-6-12)24-16(14)18(22)20-9-7-13(8-10-20)17(19)21/h2-6,11,13H,7-10H2,1H3,(H2,19,21). The number of hydrogen-bond donors (Lipinski definition) is 1. The molecule has 1 fully saturated rings. The molecule has 1 aromatic carbocycles. The average molecular weight is 344 g/mol. The SMILES string of the molecule is COc1cc(-c2ccccc2)sc1C(=O)N1CCC(C(N)=O)CC1. The van der Waals surface area contributed by atoms with Crippen LogP contribution in [0, 0.1) is 5.92 Å². The Hall–Kier alpha value is -2.34. The van der Waals surface area contributed by atoms with Gasteiger partial charge in [-0.3, -0.25) is 9.59 Å². The third-order valence-corrected chi connectivity index (χ3v) is 5.51. The molecule has 0 spiro atoms. The van der Waals surface area contributed by atoms with Crippen molar-refractivity contribution in [1.82, 2.24) is 4.90 Å². The van der Waals surface area contributed by atoms with Crippen LogP contribution in [0.2, 0.25) is 0 Å². The fraction of sp³-hybridized carbons (Fsp3) is 0.333. The van der Waals surface area contributed by atoms with E-state index in [9.17, 15) is 9.59 Å². The zero-order valence-electron chi connectivity index (χ0n) is 13.5. The van der Waals surface area contributed by atoms with E-state index in [1.807, 2.05) is 36.4 Å². The van der Waals surface area contributed by atoms with Crippen molar-refractivity contribution in [1.29, 1.82) is 0 Å². The smallest absolute Gasteiger partial charge is 0.267 e. The van der Waals surface area contributed by atoms with Gasteiger partial charge in [0.1, 0.15) is 10.6 Å². The number of benzene rings is 1. The number of carbonyl (C=O) groups is 2. The highest BCUT2D eigenvalue weighted by Crippen LogP contribution is 2.37. The maximum Gasteiger partial charge on any atom is 0.267 e. The van der Waals surface area contributed by atoms with Crippen LogP contribution in [0.4, 0.5) is 0 Å². The monoisotopic (exact) mass is 344 g/mol. The van der Waals surface area contributed by atoms with Gasteiger partial charge in [-0.05, 0) is 24.5 Å². The predicted molar refractivity (Wildman–Crippen MR) is 94.1 cm³/mol. The summed E-state index contributed by atoms with van der Waals surface area (Å²) in [6.07, 6.45) is 1.25. The van der Waals surface area contributed by atoms with E-state index >= 15 is 0 Å². The zero-order chi connectivity index (χ0) is 17.1. The van der Waals surface area contributed by atoms with Gasteiger partial charge in [0, 0.05) is 23.9 Å². The minimum atomic E-state index is -0.276. The number of hydrogen-bond acceptors (Lipinski definition) is 4. The van der Waals surface area contributed by atoms with Crippen LogP contribution in [-0.4, -0.2) is 36.9 Å². The molecular weight excluding hydrogens is 324 g/mol. The third kappa shape index (κ3) is 3.28. The Morgan fingerprint density at radius 1 is 1.21 bits per heavy atom. The molecule has 0 saturated carbocycles. The largest absolute Gasteiger partial charge is 0.495 e. The van der Waals surface area contributed by atoms with Gasteiger partial charge in [-0.1, -0.05) is 30.3 Å². The van der Waals surface area contributed by atoms with Crippen LogP contribution in [0.5, 0.6) is 5.75 Å². The second-order valence-electron chi connectivity index (χ2n) is 5.84. The van der Waals surface area contributed by atoms with Crippen LogP contribution in [0.3, 0.4) is 0 Å². The Bertz CT molecular complexity index is 734. The highest BCUT2D eigenvalue weighted by Gasteiger charge is 2.29. The minimum absolute atomic E-state index is 0.0399. The number of thiophene rings is 1. The van der Waals surface area contributed by atoms with E-state index in [2.05, 4.69) is 0 Å². The molecule has 0 radical (unpaired) electrons. The fourth-order valence-electron chi connectivity index (χ4n) is 2.93. The lowest BCUT2D eigenvalue weighted by molar-refractivity contribution is -0.123. The summed E-state index contributed by atoms with van der Waals surface area (Å²) >= 11 is 1.44. The Morgan fingerprint density at radius 2 is 1.88 bits per heavy atom. The summed E-state index contributed by atoms with van der Waals surface area (Å²) in [5.41, 5.74) is 6.42. The summed E-state index contributed by atoms with van der Waals surface area (Å²) in [7, 11) is 1.58. The second kappa shape index (κ2) is 7.05. The quantitative estimate of drug-likeness (QED) is 0.927. The Morgan fingerprint density at radius 3 is 2.46 bits per heavy atom. The van der Waals surface area contributed by atoms with Gasteiger partial charge < -0.3 is 15.4 Å². The molecule has 1 saturated heterocycles. The molecule has 0 bridgehead atoms. The maximum absolute atomic E-state index is 12.8. The van der Waals surface area contributed by atoms with Crippen molar-refractivity contribution in [2.75, 3.05) is 20.2 Å². The lowest BCUT2D eigenvalue weighted by Gasteiger charge is -2.30. The molecule has 2 N–H and O–H groups in total. The number of likely N-dealkylation sites (tertiary alicyclic amines) is 1. The van der Waals surface area contributed by atoms with Crippen molar-refractivity contribution in [2.24, 2.45) is 11.7 Å². The van der Waals surface area contributed by atoms with Gasteiger partial charge in [0.2, 0.25) is 5.91 Å². The number of carbonyl (C=O) groups excluding carboxylic acids is 2. The topological polar surface area (TPSA) is 72.6 Å². The van der Waals surface area contributed by atoms with Crippen LogP contribution in [0.25, 0.3) is 10.4 Å². The van der Waals surface area contributed by atoms with Gasteiger partial charge in [-0.25, -0.2) is 0 Å². The van der Waals surface area contributed by atoms with Crippen molar-refractivity contribution < 1.29 is 14.3 Å². The van der Waals surface area contributed by atoms with Crippen LogP contribution in [0.1, 0.15) is 22.5 Å². The third-order valence-electron chi connectivity index (χ3n) is 4.36. The van der Waals surface area contributed by atoms with Gasteiger partial charge in [-0.15, -0.1) is 11.3 Å². The molecule has 0 atom stereocenters.